The van der Waals surface area contributed by atoms with Gasteiger partial charge in [-0.1, -0.05) is 0 Å². The van der Waals surface area contributed by atoms with Gasteiger partial charge in [-0.2, -0.15) is 0 Å². The SMILES string of the molecule is CCOc1ccc(OCCNC(=O)C23CC4CC(CC(C4)C2)C3)cc1. The van der Waals surface area contributed by atoms with Crippen molar-refractivity contribution in [1.82, 2.24) is 5.32 Å². The van der Waals surface area contributed by atoms with Crippen LogP contribution in [0.4, 0.5) is 0 Å². The highest BCUT2D eigenvalue weighted by atomic mass is 16.5. The Hall–Kier alpha value is -1.71. The molecule has 1 amide bonds. The standard InChI is InChI=1S/C21H29NO3/c1-2-24-18-3-5-19(6-4-18)25-8-7-22-20(23)21-12-15-9-16(13-21)11-17(10-15)14-21/h3-6,15-17H,2,7-14H2,1H3,(H,22,23). The Morgan fingerprint density at radius 2 is 1.52 bits per heavy atom. The minimum absolute atomic E-state index is 0.0616. The first-order chi connectivity index (χ1) is 12.2. The van der Waals surface area contributed by atoms with Gasteiger partial charge in [-0.05, 0) is 87.5 Å². The van der Waals surface area contributed by atoms with Gasteiger partial charge >= 0.3 is 0 Å². The van der Waals surface area contributed by atoms with Crippen molar-refractivity contribution in [1.29, 1.82) is 0 Å². The van der Waals surface area contributed by atoms with Crippen LogP contribution in [0.15, 0.2) is 24.3 Å². The van der Waals surface area contributed by atoms with Gasteiger partial charge in [0.1, 0.15) is 18.1 Å². The second kappa shape index (κ2) is 6.89. The van der Waals surface area contributed by atoms with Crippen molar-refractivity contribution in [2.24, 2.45) is 23.2 Å². The summed E-state index contributed by atoms with van der Waals surface area (Å²) < 4.78 is 11.2. The van der Waals surface area contributed by atoms with E-state index < -0.39 is 0 Å². The van der Waals surface area contributed by atoms with Crippen LogP contribution in [0.3, 0.4) is 0 Å². The van der Waals surface area contributed by atoms with Crippen LogP contribution >= 0.6 is 0 Å². The normalized spacial score (nSPS) is 32.4. The van der Waals surface area contributed by atoms with E-state index in [1.807, 2.05) is 31.2 Å². The molecule has 4 nitrogen and oxygen atoms in total. The summed E-state index contributed by atoms with van der Waals surface area (Å²) >= 11 is 0. The van der Waals surface area contributed by atoms with Crippen molar-refractivity contribution >= 4 is 5.91 Å². The maximum absolute atomic E-state index is 12.8. The zero-order chi connectivity index (χ0) is 17.3. The lowest BCUT2D eigenvalue weighted by atomic mass is 9.49. The number of hydrogen-bond acceptors (Lipinski definition) is 3. The van der Waals surface area contributed by atoms with Gasteiger partial charge in [-0.15, -0.1) is 0 Å². The topological polar surface area (TPSA) is 47.6 Å². The van der Waals surface area contributed by atoms with Gasteiger partial charge in [0.15, 0.2) is 0 Å². The zero-order valence-electron chi connectivity index (χ0n) is 15.1. The van der Waals surface area contributed by atoms with Crippen LogP contribution < -0.4 is 14.8 Å². The molecule has 0 atom stereocenters. The molecule has 4 fully saturated rings. The molecule has 1 aromatic carbocycles. The van der Waals surface area contributed by atoms with Gasteiger partial charge in [0.25, 0.3) is 0 Å². The molecule has 1 aromatic rings. The maximum atomic E-state index is 12.8. The number of hydrogen-bond donors (Lipinski definition) is 1. The van der Waals surface area contributed by atoms with Gasteiger partial charge in [-0.25, -0.2) is 0 Å². The average Bonchev–Trinajstić information content (AvgIpc) is 2.59. The number of benzene rings is 1. The molecule has 0 aliphatic heterocycles. The number of carbonyl (C=O) groups is 1. The summed E-state index contributed by atoms with van der Waals surface area (Å²) in [5, 5.41) is 3.15. The van der Waals surface area contributed by atoms with Gasteiger partial charge in [-0.3, -0.25) is 4.79 Å². The molecule has 4 aliphatic rings. The van der Waals surface area contributed by atoms with E-state index >= 15 is 0 Å². The molecule has 4 saturated carbocycles. The summed E-state index contributed by atoms with van der Waals surface area (Å²) in [6.07, 6.45) is 7.45. The predicted molar refractivity (Wildman–Crippen MR) is 96.7 cm³/mol. The van der Waals surface area contributed by atoms with Crippen molar-refractivity contribution in [3.05, 3.63) is 24.3 Å². The molecule has 4 heteroatoms. The van der Waals surface area contributed by atoms with Crippen LogP contribution in [-0.4, -0.2) is 25.7 Å². The second-order valence-corrected chi connectivity index (χ2v) is 8.21. The Morgan fingerprint density at radius 3 is 2.04 bits per heavy atom. The fourth-order valence-corrected chi connectivity index (χ4v) is 5.71. The fraction of sp³-hybridized carbons (Fsp3) is 0.667. The monoisotopic (exact) mass is 343 g/mol. The minimum atomic E-state index is -0.0616. The van der Waals surface area contributed by atoms with E-state index in [1.165, 1.54) is 19.3 Å². The van der Waals surface area contributed by atoms with Crippen LogP contribution in [0.25, 0.3) is 0 Å². The Labute approximate surface area is 150 Å². The molecule has 0 heterocycles. The van der Waals surface area contributed by atoms with Crippen LogP contribution in [0.1, 0.15) is 45.4 Å². The van der Waals surface area contributed by atoms with E-state index in [-0.39, 0.29) is 11.3 Å². The van der Waals surface area contributed by atoms with Crippen LogP contribution in [0.2, 0.25) is 0 Å². The molecule has 4 aliphatic carbocycles. The second-order valence-electron chi connectivity index (χ2n) is 8.21. The molecule has 1 N–H and O–H groups in total. The Morgan fingerprint density at radius 1 is 1.00 bits per heavy atom. The van der Waals surface area contributed by atoms with Crippen LogP contribution in [0.5, 0.6) is 11.5 Å². The number of ether oxygens (including phenoxy) is 2. The average molecular weight is 343 g/mol. The van der Waals surface area contributed by atoms with Gasteiger partial charge in [0.05, 0.1) is 13.2 Å². The number of carbonyl (C=O) groups excluding carboxylic acids is 1. The Kier molecular flexibility index (Phi) is 4.61. The lowest BCUT2D eigenvalue weighted by Crippen LogP contribution is -2.54. The number of amides is 1. The smallest absolute Gasteiger partial charge is 0.226 e. The van der Waals surface area contributed by atoms with Gasteiger partial charge in [0, 0.05) is 5.41 Å². The first kappa shape index (κ1) is 16.7. The maximum Gasteiger partial charge on any atom is 0.226 e. The number of nitrogens with one attached hydrogen (secondary N) is 1. The molecule has 0 spiro atoms. The molecule has 136 valence electrons. The van der Waals surface area contributed by atoms with Crippen molar-refractivity contribution in [2.75, 3.05) is 19.8 Å². The van der Waals surface area contributed by atoms with Crippen molar-refractivity contribution < 1.29 is 14.3 Å². The van der Waals surface area contributed by atoms with Crippen molar-refractivity contribution in [3.63, 3.8) is 0 Å². The highest BCUT2D eigenvalue weighted by Gasteiger charge is 2.54. The molecule has 4 bridgehead atoms. The molecular formula is C21H29NO3. The molecular weight excluding hydrogens is 314 g/mol. The lowest BCUT2D eigenvalue weighted by molar-refractivity contribution is -0.146. The zero-order valence-corrected chi connectivity index (χ0v) is 15.1. The predicted octanol–water partition coefficient (Wildman–Crippen LogP) is 3.80. The molecule has 0 radical (unpaired) electrons. The molecule has 5 rings (SSSR count). The molecule has 0 aromatic heterocycles. The minimum Gasteiger partial charge on any atom is -0.494 e. The third-order valence-electron chi connectivity index (χ3n) is 6.31. The Bertz CT molecular complexity index is 575. The van der Waals surface area contributed by atoms with Gasteiger partial charge in [0.2, 0.25) is 5.91 Å². The molecule has 25 heavy (non-hydrogen) atoms. The summed E-state index contributed by atoms with van der Waals surface area (Å²) in [5.41, 5.74) is -0.0616. The van der Waals surface area contributed by atoms with Crippen molar-refractivity contribution in [3.8, 4) is 11.5 Å². The summed E-state index contributed by atoms with van der Waals surface area (Å²) in [4.78, 5) is 12.8. The largest absolute Gasteiger partial charge is 0.494 e. The first-order valence-corrected chi connectivity index (χ1v) is 9.81. The van der Waals surface area contributed by atoms with E-state index in [4.69, 9.17) is 9.47 Å². The van der Waals surface area contributed by atoms with E-state index in [0.717, 1.165) is 48.5 Å². The third kappa shape index (κ3) is 3.49. The third-order valence-corrected chi connectivity index (χ3v) is 6.31. The molecule has 0 saturated heterocycles. The van der Waals surface area contributed by atoms with Crippen LogP contribution in [0, 0.1) is 23.2 Å². The lowest BCUT2D eigenvalue weighted by Gasteiger charge is -2.55. The Balaban J connectivity index is 1.24. The van der Waals surface area contributed by atoms with E-state index in [2.05, 4.69) is 5.32 Å². The highest BCUT2D eigenvalue weighted by molar-refractivity contribution is 5.83. The summed E-state index contributed by atoms with van der Waals surface area (Å²) in [6, 6.07) is 7.64. The number of rotatable bonds is 7. The summed E-state index contributed by atoms with van der Waals surface area (Å²) in [5.74, 6) is 4.35. The summed E-state index contributed by atoms with van der Waals surface area (Å²) in [7, 11) is 0. The van der Waals surface area contributed by atoms with Crippen molar-refractivity contribution in [2.45, 2.75) is 45.4 Å². The van der Waals surface area contributed by atoms with E-state index in [1.54, 1.807) is 0 Å². The molecule has 0 unspecified atom stereocenters. The van der Waals surface area contributed by atoms with Crippen LogP contribution in [-0.2, 0) is 4.79 Å². The van der Waals surface area contributed by atoms with E-state index in [0.29, 0.717) is 19.8 Å². The highest BCUT2D eigenvalue weighted by Crippen LogP contribution is 2.60. The summed E-state index contributed by atoms with van der Waals surface area (Å²) in [6.45, 7) is 3.72. The fourth-order valence-electron chi connectivity index (χ4n) is 5.71. The quantitative estimate of drug-likeness (QED) is 0.766. The van der Waals surface area contributed by atoms with Gasteiger partial charge < -0.3 is 14.8 Å². The van der Waals surface area contributed by atoms with E-state index in [9.17, 15) is 4.79 Å². The first-order valence-electron chi connectivity index (χ1n) is 9.81.